The molecule has 1 aromatic heterocycles. The minimum absolute atomic E-state index is 0.656. The van der Waals surface area contributed by atoms with Gasteiger partial charge in [-0.15, -0.1) is 0 Å². The van der Waals surface area contributed by atoms with Crippen LogP contribution >= 0.6 is 7.14 Å². The largest absolute Gasteiger partial charge is 0.453 e. The smallest absolute Gasteiger partial charge is 0.171 e. The maximum atomic E-state index is 15.1. The third-order valence-electron chi connectivity index (χ3n) is 6.66. The molecule has 7 rings (SSSR count). The molecule has 0 atom stereocenters. The standard InChI is InChI=1S/C31H21N2O2P/c34-36(23-14-6-2-7-15-23,24-16-8-3-9-17-24)25-20-26-30-29(21-25)35-28-19-11-10-18-27(28)33(30)31(32-26)22-12-4-1-5-13-22/h1-21H. The van der Waals surface area contributed by atoms with Crippen LogP contribution in [0.1, 0.15) is 0 Å². The Balaban J connectivity index is 1.56. The van der Waals surface area contributed by atoms with E-state index < -0.39 is 7.14 Å². The molecule has 0 amide bonds. The summed E-state index contributed by atoms with van der Waals surface area (Å²) in [6.07, 6.45) is 0. The maximum Gasteiger partial charge on any atom is 0.171 e. The minimum atomic E-state index is -3.19. The summed E-state index contributed by atoms with van der Waals surface area (Å²) in [5, 5.41) is 2.26. The van der Waals surface area contributed by atoms with Gasteiger partial charge in [0.2, 0.25) is 0 Å². The van der Waals surface area contributed by atoms with Crippen molar-refractivity contribution in [2.24, 2.45) is 0 Å². The topological polar surface area (TPSA) is 44.1 Å². The van der Waals surface area contributed by atoms with Crippen LogP contribution in [-0.4, -0.2) is 9.55 Å². The zero-order valence-electron chi connectivity index (χ0n) is 19.3. The van der Waals surface area contributed by atoms with Gasteiger partial charge in [0.05, 0.1) is 11.2 Å². The summed E-state index contributed by atoms with van der Waals surface area (Å²) in [6, 6.07) is 41.4. The number of hydrogen-bond donors (Lipinski definition) is 0. The molecular formula is C31H21N2O2P. The Morgan fingerprint density at radius 2 is 1.19 bits per heavy atom. The lowest BCUT2D eigenvalue weighted by Crippen LogP contribution is -2.25. The van der Waals surface area contributed by atoms with Gasteiger partial charge < -0.3 is 9.30 Å². The van der Waals surface area contributed by atoms with Crippen molar-refractivity contribution < 1.29 is 9.30 Å². The number of aromatic nitrogens is 2. The van der Waals surface area contributed by atoms with E-state index in [0.29, 0.717) is 11.1 Å². The van der Waals surface area contributed by atoms with Crippen molar-refractivity contribution in [2.75, 3.05) is 0 Å². The third kappa shape index (κ3) is 3.08. The maximum absolute atomic E-state index is 15.1. The molecule has 1 aliphatic heterocycles. The summed E-state index contributed by atoms with van der Waals surface area (Å²) in [6.45, 7) is 0. The second-order valence-electron chi connectivity index (χ2n) is 8.80. The monoisotopic (exact) mass is 484 g/mol. The van der Waals surface area contributed by atoms with E-state index in [0.717, 1.165) is 44.5 Å². The molecule has 1 aliphatic rings. The number of ether oxygens (including phenoxy) is 1. The lowest BCUT2D eigenvalue weighted by molar-refractivity contribution is 0.476. The third-order valence-corrected chi connectivity index (χ3v) is 9.70. The van der Waals surface area contributed by atoms with Gasteiger partial charge in [0.25, 0.3) is 0 Å². The molecule has 172 valence electrons. The molecule has 6 aromatic rings. The number of imidazole rings is 1. The summed E-state index contributed by atoms with van der Waals surface area (Å²) in [5.74, 6) is 2.23. The first-order valence-corrected chi connectivity index (χ1v) is 13.6. The van der Waals surface area contributed by atoms with Crippen molar-refractivity contribution in [3.05, 3.63) is 127 Å². The van der Waals surface area contributed by atoms with E-state index in [-0.39, 0.29) is 0 Å². The predicted octanol–water partition coefficient (Wildman–Crippen LogP) is 6.44. The first-order chi connectivity index (χ1) is 17.7. The second-order valence-corrected chi connectivity index (χ2v) is 11.6. The summed E-state index contributed by atoms with van der Waals surface area (Å²) in [4.78, 5) is 5.08. The van der Waals surface area contributed by atoms with Crippen molar-refractivity contribution >= 4 is 34.1 Å². The lowest BCUT2D eigenvalue weighted by Gasteiger charge is -2.24. The highest BCUT2D eigenvalue weighted by molar-refractivity contribution is 7.85. The number of fused-ring (bicyclic) bond motifs is 2. The molecule has 5 aromatic carbocycles. The zero-order valence-corrected chi connectivity index (χ0v) is 20.2. The molecule has 4 nitrogen and oxygen atoms in total. The molecule has 0 fully saturated rings. The SMILES string of the molecule is O=P(c1ccccc1)(c1ccccc1)c1cc2c3c(c1)nc(-c1ccccc1)n3-c1ccccc1O2. The Hall–Kier alpha value is -4.40. The average Bonchev–Trinajstić information content (AvgIpc) is 3.35. The van der Waals surface area contributed by atoms with Gasteiger partial charge in [0.1, 0.15) is 11.3 Å². The molecule has 0 radical (unpaired) electrons. The molecule has 0 N–H and O–H groups in total. The summed E-state index contributed by atoms with van der Waals surface area (Å²) in [7, 11) is -3.19. The van der Waals surface area contributed by atoms with Crippen LogP contribution in [0, 0.1) is 0 Å². The van der Waals surface area contributed by atoms with Crippen molar-refractivity contribution in [1.82, 2.24) is 9.55 Å². The number of nitrogens with zero attached hydrogens (tertiary/aromatic N) is 2. The van der Waals surface area contributed by atoms with Gasteiger partial charge in [-0.3, -0.25) is 4.57 Å². The first kappa shape index (κ1) is 20.9. The minimum Gasteiger partial charge on any atom is -0.453 e. The second kappa shape index (κ2) is 8.08. The van der Waals surface area contributed by atoms with Gasteiger partial charge in [-0.1, -0.05) is 103 Å². The quantitative estimate of drug-likeness (QED) is 0.270. The van der Waals surface area contributed by atoms with Crippen LogP contribution in [0.2, 0.25) is 0 Å². The molecule has 2 heterocycles. The molecule has 36 heavy (non-hydrogen) atoms. The van der Waals surface area contributed by atoms with Crippen LogP contribution in [-0.2, 0) is 4.57 Å². The molecule has 0 bridgehead atoms. The van der Waals surface area contributed by atoms with E-state index in [4.69, 9.17) is 9.72 Å². The van der Waals surface area contributed by atoms with Crippen LogP contribution in [0.5, 0.6) is 11.5 Å². The Kier molecular flexibility index (Phi) is 4.70. The fraction of sp³-hybridized carbons (Fsp3) is 0. The van der Waals surface area contributed by atoms with Crippen LogP contribution in [0.3, 0.4) is 0 Å². The van der Waals surface area contributed by atoms with Crippen molar-refractivity contribution in [1.29, 1.82) is 0 Å². The van der Waals surface area contributed by atoms with Crippen molar-refractivity contribution in [3.8, 4) is 28.6 Å². The lowest BCUT2D eigenvalue weighted by atomic mass is 10.2. The van der Waals surface area contributed by atoms with Gasteiger partial charge in [-0.25, -0.2) is 4.98 Å². The van der Waals surface area contributed by atoms with E-state index in [1.165, 1.54) is 0 Å². The van der Waals surface area contributed by atoms with E-state index in [9.17, 15) is 0 Å². The zero-order chi connectivity index (χ0) is 24.1. The van der Waals surface area contributed by atoms with E-state index in [1.54, 1.807) is 0 Å². The van der Waals surface area contributed by atoms with Crippen LogP contribution in [0.4, 0.5) is 0 Å². The summed E-state index contributed by atoms with van der Waals surface area (Å²) >= 11 is 0. The Bertz CT molecular complexity index is 1730. The molecule has 0 aliphatic carbocycles. The predicted molar refractivity (Wildman–Crippen MR) is 146 cm³/mol. The van der Waals surface area contributed by atoms with Crippen molar-refractivity contribution in [3.63, 3.8) is 0 Å². The normalized spacial score (nSPS) is 12.2. The molecule has 0 saturated heterocycles. The molecular weight excluding hydrogens is 463 g/mol. The highest BCUT2D eigenvalue weighted by atomic mass is 31.2. The summed E-state index contributed by atoms with van der Waals surface area (Å²) in [5.41, 5.74) is 3.58. The van der Waals surface area contributed by atoms with Gasteiger partial charge in [-0.2, -0.15) is 0 Å². The number of rotatable bonds is 4. The van der Waals surface area contributed by atoms with Gasteiger partial charge >= 0.3 is 0 Å². The summed E-state index contributed by atoms with van der Waals surface area (Å²) < 4.78 is 23.6. The molecule has 5 heteroatoms. The molecule has 0 saturated carbocycles. The average molecular weight is 484 g/mol. The fourth-order valence-electron chi connectivity index (χ4n) is 5.00. The number of benzene rings is 5. The van der Waals surface area contributed by atoms with E-state index in [1.807, 2.05) is 115 Å². The fourth-order valence-corrected chi connectivity index (χ4v) is 7.69. The van der Waals surface area contributed by atoms with Crippen LogP contribution < -0.4 is 20.7 Å². The van der Waals surface area contributed by atoms with Crippen LogP contribution in [0.15, 0.2) is 127 Å². The van der Waals surface area contributed by atoms with Gasteiger partial charge in [0, 0.05) is 21.5 Å². The van der Waals surface area contributed by atoms with Gasteiger partial charge in [0.15, 0.2) is 18.6 Å². The Morgan fingerprint density at radius 1 is 0.611 bits per heavy atom. The highest BCUT2D eigenvalue weighted by Gasteiger charge is 2.33. The Labute approximate surface area is 208 Å². The molecule has 0 unspecified atom stereocenters. The van der Waals surface area contributed by atoms with E-state index >= 15 is 4.57 Å². The number of hydrogen-bond acceptors (Lipinski definition) is 3. The highest BCUT2D eigenvalue weighted by Crippen LogP contribution is 2.48. The van der Waals surface area contributed by atoms with Crippen LogP contribution in [0.25, 0.3) is 28.1 Å². The van der Waals surface area contributed by atoms with E-state index in [2.05, 4.69) is 16.7 Å². The number of para-hydroxylation sites is 2. The first-order valence-electron chi connectivity index (χ1n) is 11.8. The Morgan fingerprint density at radius 3 is 1.86 bits per heavy atom. The van der Waals surface area contributed by atoms with Crippen molar-refractivity contribution in [2.45, 2.75) is 0 Å². The molecule has 0 spiro atoms. The van der Waals surface area contributed by atoms with Gasteiger partial charge in [-0.05, 0) is 24.3 Å².